The second-order valence-corrected chi connectivity index (χ2v) is 4.77. The van der Waals surface area contributed by atoms with Gasteiger partial charge in [0.15, 0.2) is 5.69 Å². The van der Waals surface area contributed by atoms with Crippen molar-refractivity contribution in [2.24, 2.45) is 0 Å². The monoisotopic (exact) mass is 373 g/mol. The molecule has 25 heavy (non-hydrogen) atoms. The smallest absolute Gasteiger partial charge is 0.505 e. The molecule has 0 saturated heterocycles. The summed E-state index contributed by atoms with van der Waals surface area (Å²) < 4.78 is 39.8. The molecule has 0 aliphatic carbocycles. The number of carbonyl (C=O) groups excluding carboxylic acids is 1. The Hall–Kier alpha value is -2.54. The van der Waals surface area contributed by atoms with Crippen molar-refractivity contribution in [1.29, 1.82) is 0 Å². The summed E-state index contributed by atoms with van der Waals surface area (Å²) in [7, 11) is 0. The quantitative estimate of drug-likeness (QED) is 0.586. The van der Waals surface area contributed by atoms with Crippen LogP contribution in [0.25, 0.3) is 6.08 Å². The highest BCUT2D eigenvalue weighted by atomic mass is 35.5. The van der Waals surface area contributed by atoms with Gasteiger partial charge in [0, 0.05) is 12.3 Å². The molecule has 0 amide bonds. The van der Waals surface area contributed by atoms with Crippen molar-refractivity contribution in [1.82, 2.24) is 4.98 Å². The Kier molecular flexibility index (Phi) is 7.44. The third-order valence-corrected chi connectivity index (χ3v) is 2.82. The van der Waals surface area contributed by atoms with Gasteiger partial charge in [-0.1, -0.05) is 43.7 Å². The first-order valence-corrected chi connectivity index (χ1v) is 7.55. The van der Waals surface area contributed by atoms with E-state index in [1.54, 1.807) is 0 Å². The molecule has 0 saturated carbocycles. The summed E-state index contributed by atoms with van der Waals surface area (Å²) in [6.07, 6.45) is -1.04. The third kappa shape index (κ3) is 6.84. The number of alkyl halides is 3. The standard InChI is InChI=1S/C15H9ClF3NO3.C2H6/c16-10-7-13(22)14(20-8-10)12(21)6-3-9-1-4-11(5-2-9)23-15(17,18)19;1-2/h1-8,22H;1-2H3/b6-3+;. The summed E-state index contributed by atoms with van der Waals surface area (Å²) in [6.45, 7) is 4.00. The van der Waals surface area contributed by atoms with Gasteiger partial charge >= 0.3 is 6.36 Å². The van der Waals surface area contributed by atoms with Crippen LogP contribution in [0.4, 0.5) is 13.2 Å². The Labute approximate surface area is 147 Å². The third-order valence-electron chi connectivity index (χ3n) is 2.61. The van der Waals surface area contributed by atoms with Crippen LogP contribution in [0.1, 0.15) is 29.9 Å². The molecule has 1 aromatic carbocycles. The molecule has 0 aliphatic heterocycles. The molecule has 0 aliphatic rings. The van der Waals surface area contributed by atoms with Gasteiger partial charge in [-0.3, -0.25) is 4.79 Å². The van der Waals surface area contributed by atoms with Crippen molar-refractivity contribution in [3.63, 3.8) is 0 Å². The van der Waals surface area contributed by atoms with Gasteiger partial charge in [-0.2, -0.15) is 0 Å². The molecule has 0 unspecified atom stereocenters. The van der Waals surface area contributed by atoms with Crippen LogP contribution in [0.3, 0.4) is 0 Å². The molecule has 2 rings (SSSR count). The maximum Gasteiger partial charge on any atom is 0.573 e. The number of aromatic nitrogens is 1. The van der Waals surface area contributed by atoms with Gasteiger partial charge in [0.1, 0.15) is 11.5 Å². The highest BCUT2D eigenvalue weighted by Crippen LogP contribution is 2.23. The Bertz CT molecular complexity index is 744. The van der Waals surface area contributed by atoms with E-state index in [0.717, 1.165) is 18.2 Å². The number of allylic oxidation sites excluding steroid dienone is 1. The first-order valence-electron chi connectivity index (χ1n) is 7.17. The maximum atomic E-state index is 12.0. The minimum atomic E-state index is -4.76. The van der Waals surface area contributed by atoms with E-state index in [0.29, 0.717) is 5.56 Å². The topological polar surface area (TPSA) is 59.4 Å². The number of benzene rings is 1. The minimum Gasteiger partial charge on any atom is -0.505 e. The van der Waals surface area contributed by atoms with E-state index < -0.39 is 12.1 Å². The number of halogens is 4. The van der Waals surface area contributed by atoms with E-state index in [2.05, 4.69) is 9.72 Å². The minimum absolute atomic E-state index is 0.178. The van der Waals surface area contributed by atoms with E-state index in [-0.39, 0.29) is 22.2 Å². The number of ketones is 1. The van der Waals surface area contributed by atoms with Gasteiger partial charge in [0.2, 0.25) is 5.78 Å². The summed E-state index contributed by atoms with van der Waals surface area (Å²) in [6, 6.07) is 6.12. The average Bonchev–Trinajstić information content (AvgIpc) is 2.54. The number of ether oxygens (including phenoxy) is 1. The van der Waals surface area contributed by atoms with Gasteiger partial charge in [-0.05, 0) is 23.8 Å². The fourth-order valence-corrected chi connectivity index (χ4v) is 1.80. The zero-order valence-corrected chi connectivity index (χ0v) is 14.1. The largest absolute Gasteiger partial charge is 0.573 e. The fourth-order valence-electron chi connectivity index (χ4n) is 1.65. The summed E-state index contributed by atoms with van der Waals surface area (Å²) in [5.74, 6) is -1.30. The number of nitrogens with zero attached hydrogens (tertiary/aromatic N) is 1. The Morgan fingerprint density at radius 1 is 1.24 bits per heavy atom. The number of hydrogen-bond donors (Lipinski definition) is 1. The Balaban J connectivity index is 0.00000151. The van der Waals surface area contributed by atoms with Gasteiger partial charge in [-0.15, -0.1) is 13.2 Å². The lowest BCUT2D eigenvalue weighted by atomic mass is 10.1. The molecular formula is C17H15ClF3NO3. The molecule has 8 heteroatoms. The zero-order valence-electron chi connectivity index (χ0n) is 13.3. The lowest BCUT2D eigenvalue weighted by molar-refractivity contribution is -0.274. The lowest BCUT2D eigenvalue weighted by Crippen LogP contribution is -2.16. The predicted octanol–water partition coefficient (Wildman–Crippen LogP) is 5.26. The SMILES string of the molecule is CC.O=C(/C=C/c1ccc(OC(F)(F)F)cc1)c1ncc(Cl)cc1O. The second-order valence-electron chi connectivity index (χ2n) is 4.34. The van der Waals surface area contributed by atoms with E-state index in [9.17, 15) is 23.1 Å². The molecule has 0 fully saturated rings. The summed E-state index contributed by atoms with van der Waals surface area (Å²) in [4.78, 5) is 15.6. The number of carbonyl (C=O) groups is 1. The molecule has 2 aromatic rings. The molecule has 4 nitrogen and oxygen atoms in total. The van der Waals surface area contributed by atoms with Crippen LogP contribution < -0.4 is 4.74 Å². The Morgan fingerprint density at radius 2 is 1.84 bits per heavy atom. The molecule has 1 N–H and O–H groups in total. The average molecular weight is 374 g/mol. The number of aromatic hydroxyl groups is 1. The molecule has 0 spiro atoms. The number of rotatable bonds is 4. The van der Waals surface area contributed by atoms with E-state index in [4.69, 9.17) is 11.6 Å². The summed E-state index contributed by atoms with van der Waals surface area (Å²) in [5.41, 5.74) is 0.295. The van der Waals surface area contributed by atoms with E-state index >= 15 is 0 Å². The molecule has 1 heterocycles. The second kappa shape index (κ2) is 9.08. The van der Waals surface area contributed by atoms with Crippen molar-refractivity contribution < 1.29 is 27.8 Å². The van der Waals surface area contributed by atoms with Crippen molar-refractivity contribution in [2.75, 3.05) is 0 Å². The fraction of sp³-hybridized carbons (Fsp3) is 0.176. The van der Waals surface area contributed by atoms with Crippen LogP contribution in [0.2, 0.25) is 5.02 Å². The van der Waals surface area contributed by atoms with Crippen molar-refractivity contribution in [2.45, 2.75) is 20.2 Å². The maximum absolute atomic E-state index is 12.0. The normalized spacial score (nSPS) is 11.0. The van der Waals surface area contributed by atoms with Gasteiger partial charge in [-0.25, -0.2) is 4.98 Å². The zero-order chi connectivity index (χ0) is 19.0. The predicted molar refractivity (Wildman–Crippen MR) is 88.7 cm³/mol. The van der Waals surface area contributed by atoms with Crippen LogP contribution >= 0.6 is 11.6 Å². The number of pyridine rings is 1. The van der Waals surface area contributed by atoms with Crippen LogP contribution in [-0.4, -0.2) is 22.2 Å². The first kappa shape index (κ1) is 20.5. The van der Waals surface area contributed by atoms with Crippen LogP contribution in [0.5, 0.6) is 11.5 Å². The van der Waals surface area contributed by atoms with E-state index in [1.807, 2.05) is 13.8 Å². The van der Waals surface area contributed by atoms with E-state index in [1.165, 1.54) is 30.5 Å². The molecule has 1 aromatic heterocycles. The van der Waals surface area contributed by atoms with Crippen LogP contribution in [-0.2, 0) is 0 Å². The molecule has 0 radical (unpaired) electrons. The van der Waals surface area contributed by atoms with Gasteiger partial charge in [0.05, 0.1) is 5.02 Å². The lowest BCUT2D eigenvalue weighted by Gasteiger charge is -2.08. The Morgan fingerprint density at radius 3 is 2.36 bits per heavy atom. The molecule has 0 bridgehead atoms. The van der Waals surface area contributed by atoms with Crippen LogP contribution in [0.15, 0.2) is 42.6 Å². The highest BCUT2D eigenvalue weighted by molar-refractivity contribution is 6.30. The summed E-state index contributed by atoms with van der Waals surface area (Å²) in [5, 5.41) is 9.76. The molecular weight excluding hydrogens is 359 g/mol. The number of hydrogen-bond acceptors (Lipinski definition) is 4. The van der Waals surface area contributed by atoms with Crippen LogP contribution in [0, 0.1) is 0 Å². The van der Waals surface area contributed by atoms with Crippen molar-refractivity contribution >= 4 is 23.5 Å². The highest BCUT2D eigenvalue weighted by Gasteiger charge is 2.30. The van der Waals surface area contributed by atoms with Crippen molar-refractivity contribution in [3.8, 4) is 11.5 Å². The molecule has 0 atom stereocenters. The first-order chi connectivity index (χ1) is 11.7. The molecule has 134 valence electrons. The van der Waals surface area contributed by atoms with Gasteiger partial charge < -0.3 is 9.84 Å². The van der Waals surface area contributed by atoms with Crippen molar-refractivity contribution in [3.05, 3.63) is 58.9 Å². The summed E-state index contributed by atoms with van der Waals surface area (Å²) >= 11 is 5.61. The van der Waals surface area contributed by atoms with Gasteiger partial charge in [0.25, 0.3) is 0 Å².